The molecule has 1 aromatic carbocycles. The summed E-state index contributed by atoms with van der Waals surface area (Å²) in [5.74, 6) is 0.839. The lowest BCUT2D eigenvalue weighted by Gasteiger charge is -2.34. The maximum absolute atomic E-state index is 12.3. The molecule has 27 heavy (non-hydrogen) atoms. The minimum Gasteiger partial charge on any atom is -0.497 e. The Kier molecular flexibility index (Phi) is 6.15. The summed E-state index contributed by atoms with van der Waals surface area (Å²) in [6.07, 6.45) is 1.48. The van der Waals surface area contributed by atoms with Crippen molar-refractivity contribution in [2.24, 2.45) is 0 Å². The SMILES string of the molecule is COc1ccc(S(=O)(=O)NCCN2CCN(C(=O)c3ccco3)CC2)cc1. The van der Waals surface area contributed by atoms with Crippen molar-refractivity contribution in [2.45, 2.75) is 4.90 Å². The van der Waals surface area contributed by atoms with Crippen LogP contribution in [0.15, 0.2) is 52.0 Å². The molecule has 2 heterocycles. The van der Waals surface area contributed by atoms with Crippen LogP contribution in [-0.2, 0) is 10.0 Å². The van der Waals surface area contributed by atoms with E-state index in [9.17, 15) is 13.2 Å². The highest BCUT2D eigenvalue weighted by atomic mass is 32.2. The summed E-state index contributed by atoms with van der Waals surface area (Å²) in [5, 5.41) is 0. The summed E-state index contributed by atoms with van der Waals surface area (Å²) in [6, 6.07) is 9.61. The molecule has 0 unspecified atom stereocenters. The van der Waals surface area contributed by atoms with Crippen LogP contribution < -0.4 is 9.46 Å². The lowest BCUT2D eigenvalue weighted by atomic mass is 10.3. The second kappa shape index (κ2) is 8.55. The second-order valence-corrected chi connectivity index (χ2v) is 7.95. The number of carbonyl (C=O) groups is 1. The Morgan fingerprint density at radius 2 is 1.85 bits per heavy atom. The first-order valence-electron chi connectivity index (χ1n) is 8.68. The van der Waals surface area contributed by atoms with Gasteiger partial charge in [0.2, 0.25) is 10.0 Å². The molecular formula is C18H23N3O5S. The fourth-order valence-corrected chi connectivity index (χ4v) is 3.93. The zero-order valence-electron chi connectivity index (χ0n) is 15.1. The van der Waals surface area contributed by atoms with Gasteiger partial charge in [0, 0.05) is 39.3 Å². The number of sulfonamides is 1. The van der Waals surface area contributed by atoms with Gasteiger partial charge in [-0.25, -0.2) is 13.1 Å². The van der Waals surface area contributed by atoms with Gasteiger partial charge in [-0.2, -0.15) is 0 Å². The first kappa shape index (κ1) is 19.4. The van der Waals surface area contributed by atoms with Crippen LogP contribution in [0.4, 0.5) is 0 Å². The van der Waals surface area contributed by atoms with Crippen molar-refractivity contribution < 1.29 is 22.4 Å². The van der Waals surface area contributed by atoms with Gasteiger partial charge < -0.3 is 14.1 Å². The molecule has 146 valence electrons. The first-order chi connectivity index (χ1) is 13.0. The van der Waals surface area contributed by atoms with Gasteiger partial charge in [-0.3, -0.25) is 9.69 Å². The third-order valence-corrected chi connectivity index (χ3v) is 5.96. The van der Waals surface area contributed by atoms with E-state index in [1.54, 1.807) is 29.2 Å². The summed E-state index contributed by atoms with van der Waals surface area (Å²) in [5.41, 5.74) is 0. The molecular weight excluding hydrogens is 370 g/mol. The molecule has 1 N–H and O–H groups in total. The molecule has 0 radical (unpaired) electrons. The zero-order chi connectivity index (χ0) is 19.3. The number of hydrogen-bond acceptors (Lipinski definition) is 6. The Bertz CT molecular complexity index is 842. The van der Waals surface area contributed by atoms with Gasteiger partial charge >= 0.3 is 0 Å². The minimum atomic E-state index is -3.55. The second-order valence-electron chi connectivity index (χ2n) is 6.18. The van der Waals surface area contributed by atoms with Crippen LogP contribution in [0.25, 0.3) is 0 Å². The average molecular weight is 393 g/mol. The van der Waals surface area contributed by atoms with E-state index in [1.807, 2.05) is 0 Å². The Morgan fingerprint density at radius 1 is 1.15 bits per heavy atom. The molecule has 9 heteroatoms. The molecule has 1 amide bonds. The largest absolute Gasteiger partial charge is 0.497 e. The van der Waals surface area contributed by atoms with Crippen molar-refractivity contribution >= 4 is 15.9 Å². The number of furan rings is 1. The van der Waals surface area contributed by atoms with Crippen LogP contribution in [0.3, 0.4) is 0 Å². The molecule has 1 fully saturated rings. The van der Waals surface area contributed by atoms with E-state index in [1.165, 1.54) is 25.5 Å². The molecule has 8 nitrogen and oxygen atoms in total. The average Bonchev–Trinajstić information content (AvgIpc) is 3.23. The zero-order valence-corrected chi connectivity index (χ0v) is 15.9. The number of nitrogens with zero attached hydrogens (tertiary/aromatic N) is 2. The normalized spacial score (nSPS) is 15.7. The molecule has 0 bridgehead atoms. The Labute approximate surface area is 158 Å². The summed E-state index contributed by atoms with van der Waals surface area (Å²) in [4.78, 5) is 16.3. The number of nitrogens with one attached hydrogen (secondary N) is 1. The van der Waals surface area contributed by atoms with Crippen LogP contribution in [0.1, 0.15) is 10.6 Å². The van der Waals surface area contributed by atoms with Crippen LogP contribution in [0.2, 0.25) is 0 Å². The van der Waals surface area contributed by atoms with Crippen molar-refractivity contribution in [3.05, 3.63) is 48.4 Å². The summed E-state index contributed by atoms with van der Waals surface area (Å²) in [7, 11) is -2.02. The predicted octanol–water partition coefficient (Wildman–Crippen LogP) is 1.02. The molecule has 0 atom stereocenters. The smallest absolute Gasteiger partial charge is 0.289 e. The maximum Gasteiger partial charge on any atom is 0.289 e. The van der Waals surface area contributed by atoms with E-state index >= 15 is 0 Å². The molecule has 3 rings (SSSR count). The Morgan fingerprint density at radius 3 is 2.44 bits per heavy atom. The predicted molar refractivity (Wildman–Crippen MR) is 99.2 cm³/mol. The number of carbonyl (C=O) groups excluding carboxylic acids is 1. The number of methoxy groups -OCH3 is 1. The van der Waals surface area contributed by atoms with E-state index in [2.05, 4.69) is 9.62 Å². The number of amides is 1. The van der Waals surface area contributed by atoms with E-state index in [-0.39, 0.29) is 10.8 Å². The fourth-order valence-electron chi connectivity index (χ4n) is 2.91. The monoisotopic (exact) mass is 393 g/mol. The lowest BCUT2D eigenvalue weighted by Crippen LogP contribution is -2.50. The number of piperazine rings is 1. The van der Waals surface area contributed by atoms with Gasteiger partial charge in [-0.1, -0.05) is 0 Å². The molecule has 0 spiro atoms. The minimum absolute atomic E-state index is 0.111. The van der Waals surface area contributed by atoms with E-state index in [4.69, 9.17) is 9.15 Å². The molecule has 0 aliphatic carbocycles. The van der Waals surface area contributed by atoms with Crippen molar-refractivity contribution in [3.63, 3.8) is 0 Å². The van der Waals surface area contributed by atoms with Crippen molar-refractivity contribution in [1.82, 2.24) is 14.5 Å². The van der Waals surface area contributed by atoms with Crippen LogP contribution in [0, 0.1) is 0 Å². The van der Waals surface area contributed by atoms with E-state index in [0.717, 1.165) is 0 Å². The van der Waals surface area contributed by atoms with Gasteiger partial charge in [0.1, 0.15) is 5.75 Å². The van der Waals surface area contributed by atoms with Gasteiger partial charge in [0.25, 0.3) is 5.91 Å². The lowest BCUT2D eigenvalue weighted by molar-refractivity contribution is 0.0609. The fraction of sp³-hybridized carbons (Fsp3) is 0.389. The van der Waals surface area contributed by atoms with Gasteiger partial charge in [0.05, 0.1) is 18.3 Å². The third kappa shape index (κ3) is 4.88. The molecule has 1 saturated heterocycles. The molecule has 1 aromatic heterocycles. The number of rotatable bonds is 7. The highest BCUT2D eigenvalue weighted by molar-refractivity contribution is 7.89. The highest BCUT2D eigenvalue weighted by Crippen LogP contribution is 2.15. The first-order valence-corrected chi connectivity index (χ1v) is 10.2. The van der Waals surface area contributed by atoms with Gasteiger partial charge in [-0.15, -0.1) is 0 Å². The number of ether oxygens (including phenoxy) is 1. The van der Waals surface area contributed by atoms with Crippen LogP contribution in [0.5, 0.6) is 5.75 Å². The van der Waals surface area contributed by atoms with Crippen molar-refractivity contribution in [1.29, 1.82) is 0 Å². The summed E-state index contributed by atoms with van der Waals surface area (Å²) < 4.78 is 37.4. The van der Waals surface area contributed by atoms with Gasteiger partial charge in [0.15, 0.2) is 5.76 Å². The summed E-state index contributed by atoms with van der Waals surface area (Å²) >= 11 is 0. The van der Waals surface area contributed by atoms with Crippen LogP contribution >= 0.6 is 0 Å². The van der Waals surface area contributed by atoms with Crippen molar-refractivity contribution in [3.8, 4) is 5.75 Å². The standard InChI is InChI=1S/C18H23N3O5S/c1-25-15-4-6-16(7-5-15)27(23,24)19-8-9-20-10-12-21(13-11-20)18(22)17-3-2-14-26-17/h2-7,14,19H,8-13H2,1H3. The molecule has 1 aliphatic heterocycles. The van der Waals surface area contributed by atoms with Crippen LogP contribution in [-0.4, -0.2) is 70.5 Å². The molecule has 1 aliphatic rings. The molecule has 2 aromatic rings. The Hall–Kier alpha value is -2.36. The highest BCUT2D eigenvalue weighted by Gasteiger charge is 2.23. The summed E-state index contributed by atoms with van der Waals surface area (Å²) in [6.45, 7) is 3.45. The van der Waals surface area contributed by atoms with Gasteiger partial charge in [-0.05, 0) is 36.4 Å². The molecule has 0 saturated carbocycles. The third-order valence-electron chi connectivity index (χ3n) is 4.48. The number of hydrogen-bond donors (Lipinski definition) is 1. The van der Waals surface area contributed by atoms with E-state index < -0.39 is 10.0 Å². The topological polar surface area (TPSA) is 92.1 Å². The Balaban J connectivity index is 1.44. The number of benzene rings is 1. The quantitative estimate of drug-likeness (QED) is 0.755. The van der Waals surface area contributed by atoms with Crippen molar-refractivity contribution in [2.75, 3.05) is 46.4 Å². The van der Waals surface area contributed by atoms with E-state index in [0.29, 0.717) is 50.8 Å². The maximum atomic E-state index is 12.3.